The third-order valence-electron chi connectivity index (χ3n) is 2.43. The van der Waals surface area contributed by atoms with Gasteiger partial charge in [0.25, 0.3) is 0 Å². The van der Waals surface area contributed by atoms with Crippen LogP contribution in [0, 0.1) is 0 Å². The molecule has 1 aromatic heterocycles. The average molecular weight is 264 g/mol. The highest BCUT2D eigenvalue weighted by Gasteiger charge is 2.09. The Labute approximate surface area is 108 Å². The number of phenolic OH excluding ortho intramolecular Hbond substituents is 1. The molecule has 0 bridgehead atoms. The molecule has 0 aliphatic carbocycles. The summed E-state index contributed by atoms with van der Waals surface area (Å²) in [4.78, 5) is 14.5. The van der Waals surface area contributed by atoms with Gasteiger partial charge in [0.2, 0.25) is 0 Å². The fraction of sp³-hybridized carbons (Fsp3) is 0.0769. The SMILES string of the molecule is O=C(O)CC=Cc1cc(Cl)c2cccnc2c1O. The van der Waals surface area contributed by atoms with Crippen molar-refractivity contribution < 1.29 is 15.0 Å². The van der Waals surface area contributed by atoms with E-state index in [1.807, 2.05) is 0 Å². The van der Waals surface area contributed by atoms with Crippen LogP contribution in [-0.4, -0.2) is 21.2 Å². The molecule has 1 aromatic carbocycles. The van der Waals surface area contributed by atoms with Crippen LogP contribution >= 0.6 is 11.6 Å². The number of rotatable bonds is 3. The van der Waals surface area contributed by atoms with E-state index in [0.717, 1.165) is 0 Å². The van der Waals surface area contributed by atoms with Crippen molar-refractivity contribution in [3.8, 4) is 5.75 Å². The third kappa shape index (κ3) is 2.43. The summed E-state index contributed by atoms with van der Waals surface area (Å²) < 4.78 is 0. The molecular weight excluding hydrogens is 254 g/mol. The van der Waals surface area contributed by atoms with Crippen molar-refractivity contribution >= 4 is 34.5 Å². The van der Waals surface area contributed by atoms with Crippen molar-refractivity contribution in [1.82, 2.24) is 4.98 Å². The first kappa shape index (κ1) is 12.4. The number of carboxylic acids is 1. The highest BCUT2D eigenvalue weighted by molar-refractivity contribution is 6.35. The number of carbonyl (C=O) groups is 1. The van der Waals surface area contributed by atoms with Crippen LogP contribution in [0.4, 0.5) is 0 Å². The zero-order chi connectivity index (χ0) is 13.1. The normalized spacial score (nSPS) is 11.2. The molecule has 0 aliphatic rings. The summed E-state index contributed by atoms with van der Waals surface area (Å²) in [7, 11) is 0. The average Bonchev–Trinajstić information content (AvgIpc) is 2.35. The smallest absolute Gasteiger partial charge is 0.307 e. The van der Waals surface area contributed by atoms with Crippen LogP contribution in [0.5, 0.6) is 5.75 Å². The lowest BCUT2D eigenvalue weighted by Gasteiger charge is -2.05. The Bertz CT molecular complexity index is 637. The first-order chi connectivity index (χ1) is 8.59. The number of fused-ring (bicyclic) bond motifs is 1. The van der Waals surface area contributed by atoms with Gasteiger partial charge in [-0.1, -0.05) is 23.8 Å². The van der Waals surface area contributed by atoms with Crippen LogP contribution in [0.2, 0.25) is 5.02 Å². The molecule has 0 spiro atoms. The quantitative estimate of drug-likeness (QED) is 0.893. The fourth-order valence-electron chi connectivity index (χ4n) is 1.62. The van der Waals surface area contributed by atoms with Gasteiger partial charge in [0, 0.05) is 17.1 Å². The van der Waals surface area contributed by atoms with E-state index in [4.69, 9.17) is 16.7 Å². The second-order valence-corrected chi connectivity index (χ2v) is 4.10. The van der Waals surface area contributed by atoms with Crippen molar-refractivity contribution in [3.05, 3.63) is 41.1 Å². The van der Waals surface area contributed by atoms with Crippen LogP contribution in [0.25, 0.3) is 17.0 Å². The highest BCUT2D eigenvalue weighted by Crippen LogP contribution is 2.33. The van der Waals surface area contributed by atoms with Crippen LogP contribution in [-0.2, 0) is 4.79 Å². The minimum absolute atomic E-state index is 0.00311. The summed E-state index contributed by atoms with van der Waals surface area (Å²) in [5.41, 5.74) is 0.854. The number of nitrogens with zero attached hydrogens (tertiary/aromatic N) is 1. The molecule has 0 fully saturated rings. The van der Waals surface area contributed by atoms with Crippen molar-refractivity contribution in [2.75, 3.05) is 0 Å². The van der Waals surface area contributed by atoms with Gasteiger partial charge in [-0.15, -0.1) is 0 Å². The number of aliphatic carboxylic acids is 1. The van der Waals surface area contributed by atoms with Gasteiger partial charge in [0.15, 0.2) is 0 Å². The van der Waals surface area contributed by atoms with Crippen LogP contribution in [0.3, 0.4) is 0 Å². The number of phenols is 1. The van der Waals surface area contributed by atoms with E-state index in [-0.39, 0.29) is 12.2 Å². The van der Waals surface area contributed by atoms with E-state index in [9.17, 15) is 9.90 Å². The maximum Gasteiger partial charge on any atom is 0.307 e. The maximum atomic E-state index is 10.4. The summed E-state index contributed by atoms with van der Waals surface area (Å²) in [6.45, 7) is 0. The molecule has 0 saturated heterocycles. The fourth-order valence-corrected chi connectivity index (χ4v) is 1.89. The van der Waals surface area contributed by atoms with Crippen LogP contribution < -0.4 is 0 Å². The Morgan fingerprint density at radius 2 is 2.28 bits per heavy atom. The number of pyridine rings is 1. The first-order valence-corrected chi connectivity index (χ1v) is 5.62. The molecule has 92 valence electrons. The van der Waals surface area contributed by atoms with Gasteiger partial charge in [-0.3, -0.25) is 9.78 Å². The molecule has 2 aromatic rings. The van der Waals surface area contributed by atoms with Gasteiger partial charge >= 0.3 is 5.97 Å². The van der Waals surface area contributed by atoms with Crippen molar-refractivity contribution in [3.63, 3.8) is 0 Å². The summed E-state index contributed by atoms with van der Waals surface area (Å²) in [5, 5.41) is 19.7. The van der Waals surface area contributed by atoms with Crippen LogP contribution in [0.1, 0.15) is 12.0 Å². The van der Waals surface area contributed by atoms with Gasteiger partial charge in [0.1, 0.15) is 11.3 Å². The lowest BCUT2D eigenvalue weighted by molar-refractivity contribution is -0.135. The minimum Gasteiger partial charge on any atom is -0.505 e. The summed E-state index contributed by atoms with van der Waals surface area (Å²) in [6, 6.07) is 5.07. The molecule has 0 aliphatic heterocycles. The van der Waals surface area contributed by atoms with E-state index in [1.165, 1.54) is 12.2 Å². The molecular formula is C13H10ClNO3. The topological polar surface area (TPSA) is 70.4 Å². The number of hydrogen-bond acceptors (Lipinski definition) is 3. The lowest BCUT2D eigenvalue weighted by Crippen LogP contribution is -1.90. The van der Waals surface area contributed by atoms with Crippen molar-refractivity contribution in [2.45, 2.75) is 6.42 Å². The molecule has 0 unspecified atom stereocenters. The van der Waals surface area contributed by atoms with Gasteiger partial charge < -0.3 is 10.2 Å². The molecule has 0 amide bonds. The Morgan fingerprint density at radius 3 is 3.00 bits per heavy atom. The summed E-state index contributed by atoms with van der Waals surface area (Å²) >= 11 is 6.07. The Kier molecular flexibility index (Phi) is 3.48. The summed E-state index contributed by atoms with van der Waals surface area (Å²) in [5.74, 6) is -0.938. The molecule has 4 nitrogen and oxygen atoms in total. The van der Waals surface area contributed by atoms with E-state index < -0.39 is 5.97 Å². The molecule has 0 radical (unpaired) electrons. The predicted molar refractivity (Wildman–Crippen MR) is 69.7 cm³/mol. The molecule has 1 heterocycles. The van der Waals surface area contributed by atoms with E-state index >= 15 is 0 Å². The second-order valence-electron chi connectivity index (χ2n) is 3.70. The van der Waals surface area contributed by atoms with Crippen molar-refractivity contribution in [2.24, 2.45) is 0 Å². The molecule has 0 atom stereocenters. The third-order valence-corrected chi connectivity index (χ3v) is 2.75. The van der Waals surface area contributed by atoms with Gasteiger partial charge in [-0.2, -0.15) is 0 Å². The number of aromatic hydroxyl groups is 1. The number of hydrogen-bond donors (Lipinski definition) is 2. The highest BCUT2D eigenvalue weighted by atomic mass is 35.5. The Hall–Kier alpha value is -2.07. The van der Waals surface area contributed by atoms with Gasteiger partial charge in [0.05, 0.1) is 11.4 Å². The molecule has 2 rings (SSSR count). The van der Waals surface area contributed by atoms with Gasteiger partial charge in [-0.05, 0) is 18.2 Å². The first-order valence-electron chi connectivity index (χ1n) is 5.24. The lowest BCUT2D eigenvalue weighted by atomic mass is 10.1. The van der Waals surface area contributed by atoms with Crippen LogP contribution in [0.15, 0.2) is 30.5 Å². The number of benzene rings is 1. The number of aromatic nitrogens is 1. The minimum atomic E-state index is -0.934. The van der Waals surface area contributed by atoms with Crippen molar-refractivity contribution in [1.29, 1.82) is 0 Å². The van der Waals surface area contributed by atoms with E-state index in [1.54, 1.807) is 24.4 Å². The standard InChI is InChI=1S/C13H10ClNO3/c14-10-7-8(3-1-5-11(16)17)13(18)12-9(10)4-2-6-15-12/h1-4,6-7,18H,5H2,(H,16,17). The summed E-state index contributed by atoms with van der Waals surface area (Å²) in [6.07, 6.45) is 4.41. The largest absolute Gasteiger partial charge is 0.505 e. The maximum absolute atomic E-state index is 10.4. The Balaban J connectivity index is 2.49. The van der Waals surface area contributed by atoms with E-state index in [0.29, 0.717) is 21.5 Å². The Morgan fingerprint density at radius 1 is 1.50 bits per heavy atom. The zero-order valence-electron chi connectivity index (χ0n) is 9.30. The van der Waals surface area contributed by atoms with Gasteiger partial charge in [-0.25, -0.2) is 0 Å². The molecule has 18 heavy (non-hydrogen) atoms. The second kappa shape index (κ2) is 5.06. The zero-order valence-corrected chi connectivity index (χ0v) is 10.1. The number of carboxylic acid groups (broad SMARTS) is 1. The monoisotopic (exact) mass is 263 g/mol. The van der Waals surface area contributed by atoms with E-state index in [2.05, 4.69) is 4.98 Å². The molecule has 2 N–H and O–H groups in total. The number of halogens is 1. The molecule has 5 heteroatoms. The molecule has 0 saturated carbocycles. The predicted octanol–water partition coefficient (Wildman–Crippen LogP) is 3.08.